The van der Waals surface area contributed by atoms with Gasteiger partial charge < -0.3 is 48.3 Å². The first kappa shape index (κ1) is 34.8. The highest BCUT2D eigenvalue weighted by molar-refractivity contribution is 5.96. The van der Waals surface area contributed by atoms with Crippen LogP contribution in [0, 0.1) is 10.1 Å². The van der Waals surface area contributed by atoms with Gasteiger partial charge in [-0.05, 0) is 11.6 Å². The van der Waals surface area contributed by atoms with Gasteiger partial charge in [0, 0.05) is 25.8 Å². The molecule has 0 atom stereocenters. The number of aliphatic hydroxyl groups excluding tert-OH is 1. The maximum atomic E-state index is 12.3. The Morgan fingerprint density at radius 3 is 1.54 bits per heavy atom. The van der Waals surface area contributed by atoms with Crippen LogP contribution in [-0.2, 0) is 44.5 Å². The van der Waals surface area contributed by atoms with E-state index in [1.54, 1.807) is 7.11 Å². The van der Waals surface area contributed by atoms with Crippen LogP contribution in [0.3, 0.4) is 0 Å². The highest BCUT2D eigenvalue weighted by Crippen LogP contribution is 2.18. The summed E-state index contributed by atoms with van der Waals surface area (Å²) in [7, 11) is 1.63. The molecule has 0 saturated carbocycles. The van der Waals surface area contributed by atoms with Crippen LogP contribution in [0.5, 0.6) is 0 Å². The predicted molar refractivity (Wildman–Crippen MR) is 139 cm³/mol. The molecule has 0 spiro atoms. The SMILES string of the molecule is COCCOCCOCCOCCOCCOCCOCCOCCNC(=O)c1cc([N+](=O)[O-])ccc1CO. The minimum atomic E-state index is -0.596. The summed E-state index contributed by atoms with van der Waals surface area (Å²) in [6.07, 6.45) is 0. The molecule has 14 nitrogen and oxygen atoms in total. The van der Waals surface area contributed by atoms with Crippen molar-refractivity contribution in [3.63, 3.8) is 0 Å². The molecule has 39 heavy (non-hydrogen) atoms. The minimum Gasteiger partial charge on any atom is -0.392 e. The summed E-state index contributed by atoms with van der Waals surface area (Å²) < 4.78 is 42.5. The number of benzene rings is 1. The van der Waals surface area contributed by atoms with E-state index in [9.17, 15) is 20.0 Å². The second kappa shape index (κ2) is 24.7. The van der Waals surface area contributed by atoms with Crippen molar-refractivity contribution in [2.45, 2.75) is 6.61 Å². The van der Waals surface area contributed by atoms with Crippen molar-refractivity contribution in [1.29, 1.82) is 0 Å². The monoisotopic (exact) mass is 562 g/mol. The molecule has 0 aromatic heterocycles. The number of amides is 1. The average molecular weight is 563 g/mol. The van der Waals surface area contributed by atoms with E-state index in [0.29, 0.717) is 98.1 Å². The number of aliphatic hydroxyl groups is 1. The smallest absolute Gasteiger partial charge is 0.270 e. The van der Waals surface area contributed by atoms with Gasteiger partial charge in [0.2, 0.25) is 0 Å². The molecule has 14 heteroatoms. The van der Waals surface area contributed by atoms with Crippen LogP contribution in [0.2, 0.25) is 0 Å². The number of hydrogen-bond donors (Lipinski definition) is 2. The van der Waals surface area contributed by atoms with Gasteiger partial charge in [-0.2, -0.15) is 0 Å². The van der Waals surface area contributed by atoms with Gasteiger partial charge in [0.25, 0.3) is 11.6 Å². The number of rotatable bonds is 27. The van der Waals surface area contributed by atoms with E-state index in [0.717, 1.165) is 6.07 Å². The van der Waals surface area contributed by atoms with Gasteiger partial charge in [0.1, 0.15) is 0 Å². The van der Waals surface area contributed by atoms with Crippen LogP contribution in [-0.4, -0.2) is 129 Å². The van der Waals surface area contributed by atoms with E-state index in [2.05, 4.69) is 5.32 Å². The molecule has 1 rings (SSSR count). The number of non-ortho nitro benzene ring substituents is 1. The molecule has 2 N–H and O–H groups in total. The van der Waals surface area contributed by atoms with Crippen molar-refractivity contribution >= 4 is 11.6 Å². The molecular formula is C25H42N2O12. The Morgan fingerprint density at radius 1 is 0.744 bits per heavy atom. The summed E-state index contributed by atoms with van der Waals surface area (Å²) in [5, 5.41) is 22.9. The van der Waals surface area contributed by atoms with E-state index < -0.39 is 17.4 Å². The molecule has 0 unspecified atom stereocenters. The van der Waals surface area contributed by atoms with Crippen LogP contribution in [0.1, 0.15) is 15.9 Å². The number of nitro benzene ring substituents is 1. The molecule has 0 fully saturated rings. The fraction of sp³-hybridized carbons (Fsp3) is 0.720. The van der Waals surface area contributed by atoms with Crippen molar-refractivity contribution in [3.05, 3.63) is 39.4 Å². The fourth-order valence-electron chi connectivity index (χ4n) is 2.92. The lowest BCUT2D eigenvalue weighted by atomic mass is 10.1. The second-order valence-corrected chi connectivity index (χ2v) is 7.79. The van der Waals surface area contributed by atoms with Crippen molar-refractivity contribution in [2.24, 2.45) is 0 Å². The molecular weight excluding hydrogens is 520 g/mol. The molecule has 0 aliphatic heterocycles. The number of methoxy groups -OCH3 is 1. The minimum absolute atomic E-state index is 0.0613. The number of nitro groups is 1. The van der Waals surface area contributed by atoms with Crippen LogP contribution >= 0.6 is 0 Å². The summed E-state index contributed by atoms with van der Waals surface area (Å²) in [5.41, 5.74) is 0.150. The first-order chi connectivity index (χ1) is 19.1. The van der Waals surface area contributed by atoms with Crippen molar-refractivity contribution < 1.29 is 52.7 Å². The third-order valence-corrected chi connectivity index (χ3v) is 4.92. The molecule has 0 heterocycles. The standard InChI is InChI=1S/C25H42N2O12/c1-32-6-7-34-10-11-36-14-15-38-18-19-39-17-16-37-13-12-35-9-8-33-5-4-26-25(29)24-20-23(27(30)31)3-2-22(24)21-28/h2-3,20,28H,4-19,21H2,1H3,(H,26,29). The topological polar surface area (TPSA) is 166 Å². The molecule has 0 bridgehead atoms. The molecule has 0 saturated heterocycles. The van der Waals surface area contributed by atoms with Gasteiger partial charge >= 0.3 is 0 Å². The quantitative estimate of drug-likeness (QED) is 0.0871. The van der Waals surface area contributed by atoms with E-state index in [1.165, 1.54) is 12.1 Å². The Labute approximate surface area is 228 Å². The van der Waals surface area contributed by atoms with E-state index in [4.69, 9.17) is 37.9 Å². The fourth-order valence-corrected chi connectivity index (χ4v) is 2.92. The third kappa shape index (κ3) is 18.6. The number of carbonyl (C=O) groups excluding carboxylic acids is 1. The zero-order chi connectivity index (χ0) is 28.4. The first-order valence-electron chi connectivity index (χ1n) is 12.8. The van der Waals surface area contributed by atoms with Crippen molar-refractivity contribution in [2.75, 3.05) is 113 Å². The predicted octanol–water partition coefficient (Wildman–Crippen LogP) is 0.580. The Bertz CT molecular complexity index is 769. The number of ether oxygens (including phenoxy) is 8. The van der Waals surface area contributed by atoms with Gasteiger partial charge in [-0.15, -0.1) is 0 Å². The number of carbonyl (C=O) groups is 1. The Kier molecular flexibility index (Phi) is 22.1. The summed E-state index contributed by atoms with van der Waals surface area (Å²) in [5.74, 6) is -0.516. The highest BCUT2D eigenvalue weighted by atomic mass is 16.6. The van der Waals surface area contributed by atoms with E-state index in [1.807, 2.05) is 0 Å². The van der Waals surface area contributed by atoms with Crippen LogP contribution < -0.4 is 5.32 Å². The summed E-state index contributed by atoms with van der Waals surface area (Å²) in [4.78, 5) is 22.6. The molecule has 0 radical (unpaired) electrons. The Balaban J connectivity index is 1.84. The van der Waals surface area contributed by atoms with E-state index >= 15 is 0 Å². The van der Waals surface area contributed by atoms with Crippen LogP contribution in [0.15, 0.2) is 18.2 Å². The maximum absolute atomic E-state index is 12.3. The highest BCUT2D eigenvalue weighted by Gasteiger charge is 2.16. The number of nitrogens with zero attached hydrogens (tertiary/aromatic N) is 1. The van der Waals surface area contributed by atoms with Gasteiger partial charge in [0.15, 0.2) is 0 Å². The first-order valence-corrected chi connectivity index (χ1v) is 12.8. The Morgan fingerprint density at radius 2 is 1.15 bits per heavy atom. The second-order valence-electron chi connectivity index (χ2n) is 7.79. The van der Waals surface area contributed by atoms with Crippen LogP contribution in [0.4, 0.5) is 5.69 Å². The summed E-state index contributed by atoms with van der Waals surface area (Å²) in [6.45, 7) is 6.69. The van der Waals surface area contributed by atoms with E-state index in [-0.39, 0.29) is 24.4 Å². The molecule has 0 aliphatic carbocycles. The zero-order valence-electron chi connectivity index (χ0n) is 22.6. The third-order valence-electron chi connectivity index (χ3n) is 4.92. The van der Waals surface area contributed by atoms with Gasteiger partial charge in [0.05, 0.1) is 116 Å². The summed E-state index contributed by atoms with van der Waals surface area (Å²) in [6, 6.07) is 3.74. The molecule has 1 aromatic carbocycles. The lowest BCUT2D eigenvalue weighted by Crippen LogP contribution is -2.28. The van der Waals surface area contributed by atoms with Crippen molar-refractivity contribution in [3.8, 4) is 0 Å². The largest absolute Gasteiger partial charge is 0.392 e. The van der Waals surface area contributed by atoms with Crippen LogP contribution in [0.25, 0.3) is 0 Å². The lowest BCUT2D eigenvalue weighted by molar-refractivity contribution is -0.384. The normalized spacial score (nSPS) is 11.1. The molecule has 224 valence electrons. The molecule has 1 aromatic rings. The number of nitrogens with one attached hydrogen (secondary N) is 1. The van der Waals surface area contributed by atoms with Gasteiger partial charge in [-0.25, -0.2) is 0 Å². The van der Waals surface area contributed by atoms with Gasteiger partial charge in [-0.1, -0.05) is 0 Å². The van der Waals surface area contributed by atoms with Crippen molar-refractivity contribution in [1.82, 2.24) is 5.32 Å². The molecule has 0 aliphatic rings. The lowest BCUT2D eigenvalue weighted by Gasteiger charge is -2.10. The molecule has 1 amide bonds. The maximum Gasteiger partial charge on any atom is 0.270 e. The van der Waals surface area contributed by atoms with Gasteiger partial charge in [-0.3, -0.25) is 14.9 Å². The number of hydrogen-bond acceptors (Lipinski definition) is 12. The average Bonchev–Trinajstić information content (AvgIpc) is 2.94. The summed E-state index contributed by atoms with van der Waals surface area (Å²) >= 11 is 0. The zero-order valence-corrected chi connectivity index (χ0v) is 22.6. The Hall–Kier alpha value is -2.27.